The van der Waals surface area contributed by atoms with E-state index in [9.17, 15) is 13.6 Å². The number of fused-ring (bicyclic) bond motifs is 1. The number of hydrogen-bond acceptors (Lipinski definition) is 5. The molecule has 9 heteroatoms. The molecule has 1 amide bonds. The molecule has 5 rings (SSSR count). The number of piperidine rings is 1. The van der Waals surface area contributed by atoms with E-state index < -0.39 is 0 Å². The van der Waals surface area contributed by atoms with Crippen molar-refractivity contribution in [3.8, 4) is 5.69 Å². The summed E-state index contributed by atoms with van der Waals surface area (Å²) in [5, 5.41) is 8.60. The summed E-state index contributed by atoms with van der Waals surface area (Å²) >= 11 is 1.61. The normalized spacial score (nSPS) is 14.7. The summed E-state index contributed by atoms with van der Waals surface area (Å²) in [5.41, 5.74) is 3.23. The second-order valence-corrected chi connectivity index (χ2v) is 9.23. The Morgan fingerprint density at radius 1 is 1.06 bits per heavy atom. The van der Waals surface area contributed by atoms with Crippen molar-refractivity contribution >= 4 is 32.7 Å². The molecule has 2 aromatic carbocycles. The van der Waals surface area contributed by atoms with Gasteiger partial charge in [0.05, 0.1) is 22.5 Å². The number of nitrogens with one attached hydrogen (secondary N) is 1. The molecule has 1 N–H and O–H groups in total. The maximum Gasteiger partial charge on any atom is 0.224 e. The van der Waals surface area contributed by atoms with E-state index in [0.717, 1.165) is 58.4 Å². The van der Waals surface area contributed by atoms with Gasteiger partial charge in [0.2, 0.25) is 5.91 Å². The van der Waals surface area contributed by atoms with Crippen LogP contribution in [0.3, 0.4) is 0 Å². The quantitative estimate of drug-likeness (QED) is 0.473. The molecular weight excluding hydrogens is 444 g/mol. The zero-order valence-corrected chi connectivity index (χ0v) is 18.9. The Morgan fingerprint density at radius 3 is 2.36 bits per heavy atom. The topological polar surface area (TPSA) is 63.1 Å². The first kappa shape index (κ1) is 21.5. The minimum Gasteiger partial charge on any atom is -0.353 e. The molecule has 0 bridgehead atoms. The van der Waals surface area contributed by atoms with E-state index in [4.69, 9.17) is 4.98 Å². The summed E-state index contributed by atoms with van der Waals surface area (Å²) in [6, 6.07) is 12.4. The molecule has 3 heterocycles. The molecule has 1 aliphatic heterocycles. The van der Waals surface area contributed by atoms with E-state index in [2.05, 4.69) is 15.3 Å². The molecule has 1 aliphatic rings. The fourth-order valence-corrected chi connectivity index (χ4v) is 5.14. The standard InChI is InChI=1S/C24H23F2N5OS/c1-15-22-23(31(29-15)20-8-6-18(26)7-9-20)28-24(33-22)30-12-10-19(11-13-30)27-21(32)14-16-2-4-17(25)5-3-16/h2-9,19H,10-14H2,1H3,(H,27,32). The van der Waals surface area contributed by atoms with Crippen molar-refractivity contribution in [1.82, 2.24) is 20.1 Å². The van der Waals surface area contributed by atoms with Gasteiger partial charge >= 0.3 is 0 Å². The Hall–Kier alpha value is -3.33. The third-order valence-electron chi connectivity index (χ3n) is 5.86. The first-order valence-corrected chi connectivity index (χ1v) is 11.7. The molecule has 0 aliphatic carbocycles. The van der Waals surface area contributed by atoms with Crippen LogP contribution >= 0.6 is 11.3 Å². The molecule has 0 spiro atoms. The van der Waals surface area contributed by atoms with Gasteiger partial charge in [-0.1, -0.05) is 23.5 Å². The highest BCUT2D eigenvalue weighted by molar-refractivity contribution is 7.22. The van der Waals surface area contributed by atoms with Gasteiger partial charge in [-0.25, -0.2) is 13.5 Å². The zero-order chi connectivity index (χ0) is 22.9. The van der Waals surface area contributed by atoms with Crippen LogP contribution in [0.2, 0.25) is 0 Å². The van der Waals surface area contributed by atoms with Crippen molar-refractivity contribution in [3.05, 3.63) is 71.4 Å². The number of nitrogens with zero attached hydrogens (tertiary/aromatic N) is 4. The molecule has 1 saturated heterocycles. The first-order valence-electron chi connectivity index (χ1n) is 10.9. The number of hydrogen-bond donors (Lipinski definition) is 1. The van der Waals surface area contributed by atoms with Crippen LogP contribution in [0.5, 0.6) is 0 Å². The van der Waals surface area contributed by atoms with Gasteiger partial charge in [0.15, 0.2) is 10.8 Å². The van der Waals surface area contributed by atoms with Crippen molar-refractivity contribution in [2.45, 2.75) is 32.2 Å². The summed E-state index contributed by atoms with van der Waals surface area (Å²) in [6.45, 7) is 3.54. The number of benzene rings is 2. The summed E-state index contributed by atoms with van der Waals surface area (Å²) in [4.78, 5) is 19.4. The van der Waals surface area contributed by atoms with E-state index in [1.165, 1.54) is 24.3 Å². The number of rotatable bonds is 5. The van der Waals surface area contributed by atoms with Crippen LogP contribution in [-0.2, 0) is 11.2 Å². The van der Waals surface area contributed by atoms with Crippen molar-refractivity contribution in [2.24, 2.45) is 0 Å². The average Bonchev–Trinajstić information content (AvgIpc) is 3.37. The molecule has 0 unspecified atom stereocenters. The molecule has 0 radical (unpaired) electrons. The van der Waals surface area contributed by atoms with E-state index in [1.54, 1.807) is 40.3 Å². The summed E-state index contributed by atoms with van der Waals surface area (Å²) in [7, 11) is 0. The van der Waals surface area contributed by atoms with Crippen LogP contribution in [0.4, 0.5) is 13.9 Å². The van der Waals surface area contributed by atoms with Gasteiger partial charge in [-0.15, -0.1) is 0 Å². The van der Waals surface area contributed by atoms with Gasteiger partial charge in [0.25, 0.3) is 0 Å². The minimum absolute atomic E-state index is 0.0462. The monoisotopic (exact) mass is 467 g/mol. The molecule has 6 nitrogen and oxygen atoms in total. The molecule has 170 valence electrons. The first-order chi connectivity index (χ1) is 16.0. The molecule has 4 aromatic rings. The van der Waals surface area contributed by atoms with Gasteiger partial charge in [-0.05, 0) is 61.7 Å². The Labute approximate surface area is 193 Å². The van der Waals surface area contributed by atoms with Gasteiger partial charge < -0.3 is 10.2 Å². The maximum atomic E-state index is 13.3. The lowest BCUT2D eigenvalue weighted by molar-refractivity contribution is -0.121. The second-order valence-electron chi connectivity index (χ2n) is 8.25. The molecule has 0 atom stereocenters. The van der Waals surface area contributed by atoms with Gasteiger partial charge in [-0.3, -0.25) is 4.79 Å². The predicted molar refractivity (Wildman–Crippen MR) is 125 cm³/mol. The summed E-state index contributed by atoms with van der Waals surface area (Å²) < 4.78 is 29.1. The molecule has 33 heavy (non-hydrogen) atoms. The SMILES string of the molecule is Cc1nn(-c2ccc(F)cc2)c2nc(N3CCC(NC(=O)Cc4ccc(F)cc4)CC3)sc12. The van der Waals surface area contributed by atoms with Crippen LogP contribution in [0.25, 0.3) is 16.0 Å². The fraction of sp³-hybridized carbons (Fsp3) is 0.292. The third kappa shape index (κ3) is 4.59. The van der Waals surface area contributed by atoms with E-state index in [-0.39, 0.29) is 30.0 Å². The zero-order valence-electron chi connectivity index (χ0n) is 18.1. The predicted octanol–water partition coefficient (Wildman–Crippen LogP) is 4.40. The van der Waals surface area contributed by atoms with Gasteiger partial charge in [0.1, 0.15) is 11.6 Å². The lowest BCUT2D eigenvalue weighted by atomic mass is 10.0. The fourth-order valence-electron chi connectivity index (χ4n) is 4.10. The largest absolute Gasteiger partial charge is 0.353 e. The Balaban J connectivity index is 1.23. The van der Waals surface area contributed by atoms with E-state index >= 15 is 0 Å². The number of aromatic nitrogens is 3. The maximum absolute atomic E-state index is 13.3. The van der Waals surface area contributed by atoms with Crippen LogP contribution in [-0.4, -0.2) is 39.8 Å². The highest BCUT2D eigenvalue weighted by Gasteiger charge is 2.24. The minimum atomic E-state index is -0.304. The molecule has 1 fully saturated rings. The molecule has 2 aromatic heterocycles. The number of anilines is 1. The van der Waals surface area contributed by atoms with E-state index in [1.807, 2.05) is 6.92 Å². The van der Waals surface area contributed by atoms with E-state index in [0.29, 0.717) is 0 Å². The highest BCUT2D eigenvalue weighted by atomic mass is 32.1. The lowest BCUT2D eigenvalue weighted by Crippen LogP contribution is -2.45. The third-order valence-corrected chi connectivity index (χ3v) is 7.07. The molecule has 0 saturated carbocycles. The lowest BCUT2D eigenvalue weighted by Gasteiger charge is -2.32. The number of thiazole rings is 1. The summed E-state index contributed by atoms with van der Waals surface area (Å²) in [5.74, 6) is -0.637. The van der Waals surface area contributed by atoms with Crippen molar-refractivity contribution in [2.75, 3.05) is 18.0 Å². The Kier molecular flexibility index (Phi) is 5.80. The van der Waals surface area contributed by atoms with Crippen LogP contribution < -0.4 is 10.2 Å². The van der Waals surface area contributed by atoms with Crippen molar-refractivity contribution in [3.63, 3.8) is 0 Å². The number of halogens is 2. The van der Waals surface area contributed by atoms with Crippen molar-refractivity contribution in [1.29, 1.82) is 0 Å². The summed E-state index contributed by atoms with van der Waals surface area (Å²) in [6.07, 6.45) is 1.90. The van der Waals surface area contributed by atoms with Crippen LogP contribution in [0, 0.1) is 18.6 Å². The number of amides is 1. The Morgan fingerprint density at radius 2 is 1.70 bits per heavy atom. The van der Waals surface area contributed by atoms with Crippen molar-refractivity contribution < 1.29 is 13.6 Å². The van der Waals surface area contributed by atoms with Crippen LogP contribution in [0.15, 0.2) is 48.5 Å². The number of carbonyl (C=O) groups is 1. The number of carbonyl (C=O) groups excluding carboxylic acids is 1. The number of aryl methyl sites for hydroxylation is 1. The average molecular weight is 468 g/mol. The van der Waals surface area contributed by atoms with Gasteiger partial charge in [-0.2, -0.15) is 10.1 Å². The smallest absolute Gasteiger partial charge is 0.224 e. The molecular formula is C24H23F2N5OS. The Bertz CT molecular complexity index is 1270. The second kappa shape index (κ2) is 8.90. The van der Waals surface area contributed by atoms with Crippen LogP contribution in [0.1, 0.15) is 24.1 Å². The highest BCUT2D eigenvalue weighted by Crippen LogP contribution is 2.33. The van der Waals surface area contributed by atoms with Gasteiger partial charge in [0, 0.05) is 19.1 Å².